The summed E-state index contributed by atoms with van der Waals surface area (Å²) in [5.41, 5.74) is 2.92. The number of carbonyl (C=O) groups is 1. The minimum atomic E-state index is -0.480. The number of rotatable bonds is 5. The van der Waals surface area contributed by atoms with E-state index in [0.717, 1.165) is 16.6 Å². The topological polar surface area (TPSA) is 42.1 Å². The summed E-state index contributed by atoms with van der Waals surface area (Å²) in [6.45, 7) is 5.74. The second-order valence-corrected chi connectivity index (χ2v) is 7.48. The average molecular weight is 335 g/mol. The normalized spacial score (nSPS) is 12.9. The van der Waals surface area contributed by atoms with E-state index in [9.17, 15) is 4.79 Å². The number of para-hydroxylation sites is 1. The van der Waals surface area contributed by atoms with Crippen molar-refractivity contribution in [1.82, 2.24) is 4.98 Å². The van der Waals surface area contributed by atoms with Crippen molar-refractivity contribution in [3.05, 3.63) is 71.9 Å². The largest absolute Gasteiger partial charge is 0.460 e. The minimum Gasteiger partial charge on any atom is -0.460 e. The smallest absolute Gasteiger partial charge is 0.310 e. The monoisotopic (exact) mass is 335 g/mol. The first-order valence-electron chi connectivity index (χ1n) is 8.74. The summed E-state index contributed by atoms with van der Waals surface area (Å²) in [6.07, 6.45) is 3.34. The Morgan fingerprint density at radius 2 is 1.68 bits per heavy atom. The van der Waals surface area contributed by atoms with Crippen molar-refractivity contribution in [1.29, 1.82) is 0 Å². The van der Waals surface area contributed by atoms with Gasteiger partial charge in [-0.05, 0) is 50.8 Å². The molecule has 1 aromatic heterocycles. The molecule has 3 aromatic rings. The van der Waals surface area contributed by atoms with Crippen LogP contribution in [0.3, 0.4) is 0 Å². The summed E-state index contributed by atoms with van der Waals surface area (Å²) in [7, 11) is 0. The molecule has 0 aliphatic carbocycles. The molecule has 0 fully saturated rings. The molecular weight excluding hydrogens is 310 g/mol. The van der Waals surface area contributed by atoms with Crippen molar-refractivity contribution >= 4 is 16.9 Å². The predicted molar refractivity (Wildman–Crippen MR) is 101 cm³/mol. The summed E-state index contributed by atoms with van der Waals surface area (Å²) >= 11 is 0. The van der Waals surface area contributed by atoms with E-state index in [0.29, 0.717) is 12.8 Å². The second-order valence-electron chi connectivity index (χ2n) is 7.48. The van der Waals surface area contributed by atoms with Gasteiger partial charge in [-0.15, -0.1) is 0 Å². The number of nitrogens with one attached hydrogen (secondary N) is 1. The van der Waals surface area contributed by atoms with Gasteiger partial charge >= 0.3 is 5.97 Å². The molecule has 25 heavy (non-hydrogen) atoms. The van der Waals surface area contributed by atoms with Crippen LogP contribution in [0.25, 0.3) is 10.9 Å². The Morgan fingerprint density at radius 1 is 1.00 bits per heavy atom. The summed E-state index contributed by atoms with van der Waals surface area (Å²) in [5, 5.41) is 1.17. The molecule has 0 spiro atoms. The Kier molecular flexibility index (Phi) is 4.93. The Balaban J connectivity index is 1.86. The number of hydrogen-bond acceptors (Lipinski definition) is 2. The fourth-order valence-corrected chi connectivity index (χ4v) is 3.09. The first-order chi connectivity index (χ1) is 11.9. The zero-order valence-electron chi connectivity index (χ0n) is 15.1. The van der Waals surface area contributed by atoms with Crippen LogP contribution < -0.4 is 0 Å². The number of benzene rings is 2. The molecule has 0 saturated heterocycles. The van der Waals surface area contributed by atoms with Crippen molar-refractivity contribution in [2.24, 2.45) is 5.92 Å². The van der Waals surface area contributed by atoms with Gasteiger partial charge in [0, 0.05) is 17.1 Å². The summed E-state index contributed by atoms with van der Waals surface area (Å²) in [5.74, 6) is -0.345. The SMILES string of the molecule is CC(C)(C)OC(=O)C(Cc1ccccc1)Cc1c[nH]c2ccccc12. The van der Waals surface area contributed by atoms with Crippen LogP contribution in [0.1, 0.15) is 31.9 Å². The van der Waals surface area contributed by atoms with Gasteiger partial charge in [0.1, 0.15) is 5.60 Å². The Bertz CT molecular complexity index is 843. The van der Waals surface area contributed by atoms with Crippen LogP contribution in [0.4, 0.5) is 0 Å². The zero-order chi connectivity index (χ0) is 17.9. The van der Waals surface area contributed by atoms with E-state index < -0.39 is 5.60 Å². The molecular formula is C22H25NO2. The van der Waals surface area contributed by atoms with E-state index in [2.05, 4.69) is 29.2 Å². The minimum absolute atomic E-state index is 0.137. The molecule has 2 aromatic carbocycles. The molecule has 0 aliphatic heterocycles. The van der Waals surface area contributed by atoms with Gasteiger partial charge in [-0.3, -0.25) is 4.79 Å². The molecule has 130 valence electrons. The fraction of sp³-hybridized carbons (Fsp3) is 0.318. The molecule has 0 bridgehead atoms. The average Bonchev–Trinajstić information content (AvgIpc) is 2.97. The third-order valence-corrected chi connectivity index (χ3v) is 4.21. The number of esters is 1. The van der Waals surface area contributed by atoms with Gasteiger partial charge in [0.15, 0.2) is 0 Å². The van der Waals surface area contributed by atoms with E-state index in [1.807, 2.05) is 57.3 Å². The van der Waals surface area contributed by atoms with E-state index in [-0.39, 0.29) is 11.9 Å². The van der Waals surface area contributed by atoms with Gasteiger partial charge < -0.3 is 9.72 Å². The molecule has 1 atom stereocenters. The maximum absolute atomic E-state index is 12.8. The van der Waals surface area contributed by atoms with E-state index in [4.69, 9.17) is 4.74 Å². The number of aromatic amines is 1. The van der Waals surface area contributed by atoms with Crippen molar-refractivity contribution in [3.8, 4) is 0 Å². The van der Waals surface area contributed by atoms with E-state index in [1.165, 1.54) is 5.39 Å². The summed E-state index contributed by atoms with van der Waals surface area (Å²) < 4.78 is 5.68. The maximum Gasteiger partial charge on any atom is 0.310 e. The van der Waals surface area contributed by atoms with Crippen molar-refractivity contribution in [3.63, 3.8) is 0 Å². The number of hydrogen-bond donors (Lipinski definition) is 1. The lowest BCUT2D eigenvalue weighted by molar-refractivity contribution is -0.159. The molecule has 0 amide bonds. The van der Waals surface area contributed by atoms with Crippen LogP contribution in [0.2, 0.25) is 0 Å². The van der Waals surface area contributed by atoms with Gasteiger partial charge in [0.2, 0.25) is 0 Å². The van der Waals surface area contributed by atoms with Crippen molar-refractivity contribution in [2.75, 3.05) is 0 Å². The molecule has 0 radical (unpaired) electrons. The third-order valence-electron chi connectivity index (χ3n) is 4.21. The van der Waals surface area contributed by atoms with Gasteiger partial charge in [0.05, 0.1) is 5.92 Å². The van der Waals surface area contributed by atoms with Crippen LogP contribution in [0.5, 0.6) is 0 Å². The van der Waals surface area contributed by atoms with Gasteiger partial charge in [-0.1, -0.05) is 48.5 Å². The number of carbonyl (C=O) groups excluding carboxylic acids is 1. The Morgan fingerprint density at radius 3 is 2.40 bits per heavy atom. The molecule has 0 aliphatic rings. The van der Waals surface area contributed by atoms with Gasteiger partial charge in [-0.25, -0.2) is 0 Å². The van der Waals surface area contributed by atoms with Gasteiger partial charge in [-0.2, -0.15) is 0 Å². The molecule has 3 heteroatoms. The lowest BCUT2D eigenvalue weighted by Gasteiger charge is -2.24. The number of fused-ring (bicyclic) bond motifs is 1. The first-order valence-corrected chi connectivity index (χ1v) is 8.74. The van der Waals surface area contributed by atoms with Crippen LogP contribution in [-0.2, 0) is 22.4 Å². The van der Waals surface area contributed by atoms with Crippen molar-refractivity contribution < 1.29 is 9.53 Å². The molecule has 1 heterocycles. The molecule has 0 saturated carbocycles. The lowest BCUT2D eigenvalue weighted by Crippen LogP contribution is -2.30. The van der Waals surface area contributed by atoms with Crippen LogP contribution in [-0.4, -0.2) is 16.6 Å². The summed E-state index contributed by atoms with van der Waals surface area (Å²) in [4.78, 5) is 16.1. The predicted octanol–water partition coefficient (Wildman–Crippen LogP) is 4.91. The highest BCUT2D eigenvalue weighted by Crippen LogP contribution is 2.24. The van der Waals surface area contributed by atoms with Crippen LogP contribution >= 0.6 is 0 Å². The highest BCUT2D eigenvalue weighted by atomic mass is 16.6. The van der Waals surface area contributed by atoms with E-state index >= 15 is 0 Å². The first kappa shape index (κ1) is 17.3. The zero-order valence-corrected chi connectivity index (χ0v) is 15.1. The van der Waals surface area contributed by atoms with E-state index in [1.54, 1.807) is 0 Å². The quantitative estimate of drug-likeness (QED) is 0.673. The number of aromatic nitrogens is 1. The molecule has 1 unspecified atom stereocenters. The standard InChI is InChI=1S/C22H25NO2/c1-22(2,3)25-21(24)17(13-16-9-5-4-6-10-16)14-18-15-23-20-12-8-7-11-19(18)20/h4-12,15,17,23H,13-14H2,1-3H3. The molecule has 3 nitrogen and oxygen atoms in total. The highest BCUT2D eigenvalue weighted by molar-refractivity contribution is 5.84. The fourth-order valence-electron chi connectivity index (χ4n) is 3.09. The second kappa shape index (κ2) is 7.14. The molecule has 1 N–H and O–H groups in total. The highest BCUT2D eigenvalue weighted by Gasteiger charge is 2.26. The number of H-pyrrole nitrogens is 1. The Hall–Kier alpha value is -2.55. The van der Waals surface area contributed by atoms with Crippen LogP contribution in [0.15, 0.2) is 60.8 Å². The van der Waals surface area contributed by atoms with Crippen LogP contribution in [0, 0.1) is 5.92 Å². The maximum atomic E-state index is 12.8. The molecule has 3 rings (SSSR count). The third kappa shape index (κ3) is 4.50. The van der Waals surface area contributed by atoms with Crippen molar-refractivity contribution in [2.45, 2.75) is 39.2 Å². The lowest BCUT2D eigenvalue weighted by atomic mass is 9.92. The Labute approximate surface area is 149 Å². The summed E-state index contributed by atoms with van der Waals surface area (Å²) in [6, 6.07) is 18.3. The number of ether oxygens (including phenoxy) is 1. The van der Waals surface area contributed by atoms with Gasteiger partial charge in [0.25, 0.3) is 0 Å².